The van der Waals surface area contributed by atoms with Gasteiger partial charge < -0.3 is 5.32 Å². The summed E-state index contributed by atoms with van der Waals surface area (Å²) in [5.74, 6) is 0.318. The summed E-state index contributed by atoms with van der Waals surface area (Å²) in [6, 6.07) is 14.2. The fraction of sp³-hybridized carbons (Fsp3) is 0.0714. The van der Waals surface area contributed by atoms with Crippen molar-refractivity contribution in [3.05, 3.63) is 64.4 Å². The van der Waals surface area contributed by atoms with E-state index >= 15 is 0 Å². The van der Waals surface area contributed by atoms with Crippen LogP contribution in [0.3, 0.4) is 0 Å². The second-order valence-corrected chi connectivity index (χ2v) is 4.51. The number of rotatable bonds is 2. The average Bonchev–Trinajstić information content (AvgIpc) is 2.39. The lowest BCUT2D eigenvalue weighted by molar-refractivity contribution is 0.632. The molecule has 92 valence electrons. The topological polar surface area (TPSA) is 24.4 Å². The Bertz CT molecular complexity index is 582. The molecule has 0 saturated heterocycles. The molecule has 0 amide bonds. The molecule has 0 heterocycles. The van der Waals surface area contributed by atoms with Crippen molar-refractivity contribution in [3.63, 3.8) is 0 Å². The molecule has 0 atom stereocenters. The van der Waals surface area contributed by atoms with E-state index in [2.05, 4.69) is 26.2 Å². The van der Waals surface area contributed by atoms with Gasteiger partial charge in [0.2, 0.25) is 0 Å². The van der Waals surface area contributed by atoms with Gasteiger partial charge in [-0.2, -0.15) is 0 Å². The summed E-state index contributed by atoms with van der Waals surface area (Å²) in [6.45, 7) is 0. The van der Waals surface area contributed by atoms with E-state index < -0.39 is 0 Å². The van der Waals surface area contributed by atoms with E-state index in [0.717, 1.165) is 10.0 Å². The first-order valence-corrected chi connectivity index (χ1v) is 6.25. The third-order valence-electron chi connectivity index (χ3n) is 2.48. The van der Waals surface area contributed by atoms with E-state index in [4.69, 9.17) is 0 Å². The largest absolute Gasteiger partial charge is 0.338 e. The first kappa shape index (κ1) is 12.8. The molecule has 0 fully saturated rings. The van der Waals surface area contributed by atoms with Crippen LogP contribution >= 0.6 is 15.9 Å². The van der Waals surface area contributed by atoms with Crippen LogP contribution in [0, 0.1) is 5.82 Å². The van der Waals surface area contributed by atoms with Gasteiger partial charge in [0, 0.05) is 17.1 Å². The fourth-order valence-electron chi connectivity index (χ4n) is 1.59. The zero-order valence-corrected chi connectivity index (χ0v) is 11.4. The monoisotopic (exact) mass is 306 g/mol. The second-order valence-electron chi connectivity index (χ2n) is 3.66. The van der Waals surface area contributed by atoms with Crippen molar-refractivity contribution < 1.29 is 4.39 Å². The quantitative estimate of drug-likeness (QED) is 0.656. The molecular formula is C14H12BrFN2. The molecule has 0 aromatic heterocycles. The molecule has 2 rings (SSSR count). The summed E-state index contributed by atoms with van der Waals surface area (Å²) >= 11 is 3.46. The van der Waals surface area contributed by atoms with Gasteiger partial charge in [-0.25, -0.2) is 4.39 Å². The van der Waals surface area contributed by atoms with Gasteiger partial charge >= 0.3 is 0 Å². The molecule has 4 heteroatoms. The number of anilines is 1. The molecule has 0 spiro atoms. The number of benzene rings is 2. The highest BCUT2D eigenvalue weighted by Gasteiger charge is 2.08. The first-order chi connectivity index (χ1) is 8.72. The molecule has 0 aliphatic carbocycles. The maximum Gasteiger partial charge on any atom is 0.146 e. The highest BCUT2D eigenvalue weighted by Crippen LogP contribution is 2.19. The van der Waals surface area contributed by atoms with E-state index in [1.165, 1.54) is 6.07 Å². The second kappa shape index (κ2) is 5.78. The first-order valence-electron chi connectivity index (χ1n) is 5.45. The number of para-hydroxylation sites is 1. The molecule has 0 saturated carbocycles. The van der Waals surface area contributed by atoms with Crippen LogP contribution < -0.4 is 5.32 Å². The summed E-state index contributed by atoms with van der Waals surface area (Å²) in [7, 11) is 1.67. The Labute approximate surface area is 114 Å². The molecule has 0 aliphatic rings. The van der Waals surface area contributed by atoms with Crippen molar-refractivity contribution in [3.8, 4) is 0 Å². The summed E-state index contributed by atoms with van der Waals surface area (Å²) < 4.78 is 14.5. The lowest BCUT2D eigenvalue weighted by atomic mass is 10.2. The van der Waals surface area contributed by atoms with E-state index in [-0.39, 0.29) is 5.82 Å². The molecule has 2 aromatic carbocycles. The summed E-state index contributed by atoms with van der Waals surface area (Å²) in [6.07, 6.45) is 0. The Kier molecular flexibility index (Phi) is 4.10. The maximum atomic E-state index is 13.6. The summed E-state index contributed by atoms with van der Waals surface area (Å²) in [5.41, 5.74) is 1.30. The van der Waals surface area contributed by atoms with Gasteiger partial charge in [0.25, 0.3) is 0 Å². The van der Waals surface area contributed by atoms with Crippen molar-refractivity contribution in [2.45, 2.75) is 0 Å². The van der Waals surface area contributed by atoms with Crippen molar-refractivity contribution >= 4 is 27.5 Å². The minimum atomic E-state index is -0.300. The van der Waals surface area contributed by atoms with Crippen molar-refractivity contribution in [2.24, 2.45) is 4.99 Å². The smallest absolute Gasteiger partial charge is 0.146 e. The van der Waals surface area contributed by atoms with Gasteiger partial charge in [0.15, 0.2) is 0 Å². The number of nitrogens with zero attached hydrogens (tertiary/aromatic N) is 1. The Morgan fingerprint density at radius 2 is 1.78 bits per heavy atom. The number of aliphatic imine (C=N–C) groups is 1. The van der Waals surface area contributed by atoms with Crippen LogP contribution in [0.15, 0.2) is 58.0 Å². The van der Waals surface area contributed by atoms with Gasteiger partial charge in [-0.1, -0.05) is 46.3 Å². The summed E-state index contributed by atoms with van der Waals surface area (Å²) in [4.78, 5) is 4.16. The Balaban J connectivity index is 2.33. The van der Waals surface area contributed by atoms with E-state index in [1.807, 2.05) is 24.3 Å². The van der Waals surface area contributed by atoms with Crippen molar-refractivity contribution in [1.29, 1.82) is 0 Å². The van der Waals surface area contributed by atoms with Crippen LogP contribution in [0.1, 0.15) is 5.56 Å². The number of amidine groups is 1. The highest BCUT2D eigenvalue weighted by atomic mass is 79.9. The number of halogens is 2. The minimum absolute atomic E-state index is 0.300. The normalized spacial score (nSPS) is 11.4. The standard InChI is InChI=1S/C14H12BrFN2/c1-17-14(10-6-2-3-7-11(10)15)18-13-9-5-4-8-12(13)16/h2-9H,1H3,(H,17,18). The Hall–Kier alpha value is -1.68. The van der Waals surface area contributed by atoms with Crippen LogP contribution in [-0.4, -0.2) is 12.9 Å². The summed E-state index contributed by atoms with van der Waals surface area (Å²) in [5, 5.41) is 3.00. The van der Waals surface area contributed by atoms with Crippen LogP contribution in [0.5, 0.6) is 0 Å². The van der Waals surface area contributed by atoms with Crippen LogP contribution in [0.2, 0.25) is 0 Å². The molecule has 0 aliphatic heterocycles. The zero-order chi connectivity index (χ0) is 13.0. The third-order valence-corrected chi connectivity index (χ3v) is 3.17. The molecule has 1 N–H and O–H groups in total. The number of nitrogens with one attached hydrogen (secondary N) is 1. The van der Waals surface area contributed by atoms with Gasteiger partial charge in [-0.3, -0.25) is 4.99 Å². The molecule has 0 radical (unpaired) electrons. The van der Waals surface area contributed by atoms with E-state index in [9.17, 15) is 4.39 Å². The number of hydrogen-bond acceptors (Lipinski definition) is 1. The van der Waals surface area contributed by atoms with E-state index in [1.54, 1.807) is 25.2 Å². The molecule has 0 bridgehead atoms. The van der Waals surface area contributed by atoms with Gasteiger partial charge in [0.05, 0.1) is 5.69 Å². The molecule has 2 nitrogen and oxygen atoms in total. The predicted molar refractivity (Wildman–Crippen MR) is 76.6 cm³/mol. The molecule has 18 heavy (non-hydrogen) atoms. The fourth-order valence-corrected chi connectivity index (χ4v) is 2.06. The van der Waals surface area contributed by atoms with Gasteiger partial charge in [0.1, 0.15) is 11.7 Å². The van der Waals surface area contributed by atoms with Crippen LogP contribution in [0.4, 0.5) is 10.1 Å². The van der Waals surface area contributed by atoms with Gasteiger partial charge in [-0.15, -0.1) is 0 Å². The lowest BCUT2D eigenvalue weighted by Crippen LogP contribution is -2.15. The van der Waals surface area contributed by atoms with E-state index in [0.29, 0.717) is 11.5 Å². The molecular weight excluding hydrogens is 295 g/mol. The number of hydrogen-bond donors (Lipinski definition) is 1. The Morgan fingerprint density at radius 3 is 2.44 bits per heavy atom. The predicted octanol–water partition coefficient (Wildman–Crippen LogP) is 4.08. The zero-order valence-electron chi connectivity index (χ0n) is 9.82. The maximum absolute atomic E-state index is 13.6. The molecule has 0 unspecified atom stereocenters. The van der Waals surface area contributed by atoms with Gasteiger partial charge in [-0.05, 0) is 18.2 Å². The third kappa shape index (κ3) is 2.76. The average molecular weight is 307 g/mol. The SMILES string of the molecule is CN=C(Nc1ccccc1F)c1ccccc1Br. The van der Waals surface area contributed by atoms with Crippen LogP contribution in [-0.2, 0) is 0 Å². The van der Waals surface area contributed by atoms with Crippen LogP contribution in [0.25, 0.3) is 0 Å². The Morgan fingerprint density at radius 1 is 1.11 bits per heavy atom. The lowest BCUT2D eigenvalue weighted by Gasteiger charge is -2.11. The minimum Gasteiger partial charge on any atom is -0.338 e. The van der Waals surface area contributed by atoms with Crippen molar-refractivity contribution in [2.75, 3.05) is 12.4 Å². The van der Waals surface area contributed by atoms with Crippen molar-refractivity contribution in [1.82, 2.24) is 0 Å². The highest BCUT2D eigenvalue weighted by molar-refractivity contribution is 9.10. The molecule has 2 aromatic rings.